The molecule has 1 atom stereocenters. The van der Waals surface area contributed by atoms with Gasteiger partial charge in [0.25, 0.3) is 0 Å². The zero-order valence-electron chi connectivity index (χ0n) is 5.62. The first-order valence-electron chi connectivity index (χ1n) is 3.52. The smallest absolute Gasteiger partial charge is 0.415 e. The molecule has 0 unspecified atom stereocenters. The van der Waals surface area contributed by atoms with Crippen LogP contribution in [0.4, 0.5) is 4.79 Å². The summed E-state index contributed by atoms with van der Waals surface area (Å²) in [7, 11) is 0. The van der Waals surface area contributed by atoms with Crippen LogP contribution in [-0.2, 0) is 4.74 Å². The number of ether oxygens (including phenoxy) is 1. The lowest BCUT2D eigenvalue weighted by Gasteiger charge is -2.23. The Morgan fingerprint density at radius 1 is 1.70 bits per heavy atom. The highest BCUT2D eigenvalue weighted by atomic mass is 16.5. The largest absolute Gasteiger partial charge is 0.418 e. The van der Waals surface area contributed by atoms with Crippen molar-refractivity contribution in [3.8, 4) is 0 Å². The van der Waals surface area contributed by atoms with Crippen LogP contribution >= 0.6 is 0 Å². The van der Waals surface area contributed by atoms with Gasteiger partial charge in [0.15, 0.2) is 0 Å². The van der Waals surface area contributed by atoms with Crippen LogP contribution in [0.2, 0.25) is 0 Å². The van der Waals surface area contributed by atoms with Crippen molar-refractivity contribution >= 4 is 6.09 Å². The van der Waals surface area contributed by atoms with Crippen LogP contribution in [0, 0.1) is 0 Å². The summed E-state index contributed by atoms with van der Waals surface area (Å²) in [6, 6.07) is 0.321. The second kappa shape index (κ2) is 2.01. The molecule has 2 aliphatic heterocycles. The summed E-state index contributed by atoms with van der Waals surface area (Å²) in [5.74, 6) is 0. The highest BCUT2D eigenvalue weighted by Gasteiger charge is 2.30. The molecule has 0 radical (unpaired) electrons. The van der Waals surface area contributed by atoms with Crippen molar-refractivity contribution in [2.24, 2.45) is 0 Å². The van der Waals surface area contributed by atoms with Crippen molar-refractivity contribution in [2.75, 3.05) is 6.54 Å². The lowest BCUT2D eigenvalue weighted by atomic mass is 10.2. The Labute approximate surface area is 59.3 Å². The summed E-state index contributed by atoms with van der Waals surface area (Å²) in [6.07, 6.45) is 5.43. The van der Waals surface area contributed by atoms with E-state index in [0.29, 0.717) is 6.04 Å². The summed E-state index contributed by atoms with van der Waals surface area (Å²) in [5.41, 5.74) is 0. The van der Waals surface area contributed by atoms with Gasteiger partial charge in [-0.2, -0.15) is 0 Å². The number of hydrogen-bond acceptors (Lipinski definition) is 2. The maximum Gasteiger partial charge on any atom is 0.415 e. The monoisotopic (exact) mass is 139 g/mol. The molecule has 3 nitrogen and oxygen atoms in total. The van der Waals surface area contributed by atoms with Gasteiger partial charge in [0.1, 0.15) is 0 Å². The number of amides is 1. The third kappa shape index (κ3) is 0.701. The molecule has 0 saturated carbocycles. The van der Waals surface area contributed by atoms with E-state index in [1.807, 2.05) is 6.08 Å². The quantitative estimate of drug-likeness (QED) is 0.503. The number of nitrogens with zero attached hydrogens (tertiary/aromatic N) is 1. The van der Waals surface area contributed by atoms with E-state index in [4.69, 9.17) is 4.74 Å². The molecular formula is C7H9NO2. The number of rotatable bonds is 0. The van der Waals surface area contributed by atoms with E-state index in [-0.39, 0.29) is 6.09 Å². The van der Waals surface area contributed by atoms with Gasteiger partial charge < -0.3 is 9.64 Å². The summed E-state index contributed by atoms with van der Waals surface area (Å²) >= 11 is 0. The van der Waals surface area contributed by atoms with E-state index in [0.717, 1.165) is 19.4 Å². The average molecular weight is 139 g/mol. The molecule has 0 N–H and O–H groups in total. The van der Waals surface area contributed by atoms with Crippen LogP contribution in [0.25, 0.3) is 0 Å². The lowest BCUT2D eigenvalue weighted by Crippen LogP contribution is -2.36. The van der Waals surface area contributed by atoms with E-state index in [1.54, 1.807) is 4.90 Å². The van der Waals surface area contributed by atoms with Crippen molar-refractivity contribution in [2.45, 2.75) is 18.9 Å². The maximum absolute atomic E-state index is 10.9. The van der Waals surface area contributed by atoms with E-state index >= 15 is 0 Å². The minimum atomic E-state index is -0.190. The zero-order chi connectivity index (χ0) is 6.97. The van der Waals surface area contributed by atoms with Crippen molar-refractivity contribution in [3.63, 3.8) is 0 Å². The van der Waals surface area contributed by atoms with Crippen LogP contribution in [-0.4, -0.2) is 23.6 Å². The molecule has 2 aliphatic rings. The first kappa shape index (κ1) is 5.77. The fourth-order valence-corrected chi connectivity index (χ4v) is 1.48. The van der Waals surface area contributed by atoms with Crippen molar-refractivity contribution in [3.05, 3.63) is 12.3 Å². The van der Waals surface area contributed by atoms with Crippen molar-refractivity contribution in [1.29, 1.82) is 0 Å². The third-order valence-electron chi connectivity index (χ3n) is 2.00. The van der Waals surface area contributed by atoms with Crippen molar-refractivity contribution < 1.29 is 9.53 Å². The SMILES string of the molecule is O=C1OC=C[C@H]2CCCN12. The Balaban J connectivity index is 2.22. The van der Waals surface area contributed by atoms with Crippen LogP contribution in [0.3, 0.4) is 0 Å². The molecule has 1 saturated heterocycles. The Morgan fingerprint density at radius 2 is 2.60 bits per heavy atom. The van der Waals surface area contributed by atoms with E-state index < -0.39 is 0 Å². The van der Waals surface area contributed by atoms with E-state index in [2.05, 4.69) is 0 Å². The molecule has 0 aromatic carbocycles. The molecule has 0 aromatic heterocycles. The van der Waals surface area contributed by atoms with Gasteiger partial charge in [-0.25, -0.2) is 4.79 Å². The maximum atomic E-state index is 10.9. The van der Waals surface area contributed by atoms with Gasteiger partial charge in [-0.3, -0.25) is 0 Å². The molecular weight excluding hydrogens is 130 g/mol. The zero-order valence-corrected chi connectivity index (χ0v) is 5.62. The van der Waals surface area contributed by atoms with Crippen molar-refractivity contribution in [1.82, 2.24) is 4.90 Å². The van der Waals surface area contributed by atoms with E-state index in [9.17, 15) is 4.79 Å². The minimum Gasteiger partial charge on any atom is -0.418 e. The summed E-state index contributed by atoms with van der Waals surface area (Å²) in [6.45, 7) is 0.855. The predicted octanol–water partition coefficient (Wildman–Crippen LogP) is 1.11. The molecule has 3 heteroatoms. The Kier molecular flexibility index (Phi) is 1.16. The average Bonchev–Trinajstić information content (AvgIpc) is 2.36. The standard InChI is InChI=1S/C7H9NO2/c9-7-8-4-1-2-6(8)3-5-10-7/h3,5-6H,1-2,4H2/t6-/m1/s1. The predicted molar refractivity (Wildman–Crippen MR) is 35.3 cm³/mol. The Bertz CT molecular complexity index is 188. The van der Waals surface area contributed by atoms with Crippen LogP contribution in [0.15, 0.2) is 12.3 Å². The molecule has 10 heavy (non-hydrogen) atoms. The highest BCUT2D eigenvalue weighted by molar-refractivity contribution is 5.70. The van der Waals surface area contributed by atoms with Gasteiger partial charge in [0.2, 0.25) is 0 Å². The summed E-state index contributed by atoms with van der Waals surface area (Å²) in [4.78, 5) is 12.7. The summed E-state index contributed by atoms with van der Waals surface area (Å²) < 4.78 is 4.70. The van der Waals surface area contributed by atoms with Gasteiger partial charge in [0.05, 0.1) is 12.3 Å². The molecule has 1 fully saturated rings. The number of carbonyl (C=O) groups is 1. The lowest BCUT2D eigenvalue weighted by molar-refractivity contribution is 0.129. The normalized spacial score (nSPS) is 30.2. The Morgan fingerprint density at radius 3 is 3.40 bits per heavy atom. The number of hydrogen-bond donors (Lipinski definition) is 0. The highest BCUT2D eigenvalue weighted by Crippen LogP contribution is 2.21. The van der Waals surface area contributed by atoms with E-state index in [1.165, 1.54) is 6.26 Å². The first-order chi connectivity index (χ1) is 4.88. The topological polar surface area (TPSA) is 29.5 Å². The van der Waals surface area contributed by atoms with Crippen LogP contribution in [0.5, 0.6) is 0 Å². The van der Waals surface area contributed by atoms with Gasteiger partial charge in [-0.15, -0.1) is 0 Å². The molecule has 0 aromatic rings. The molecule has 0 bridgehead atoms. The second-order valence-corrected chi connectivity index (χ2v) is 2.62. The number of fused-ring (bicyclic) bond motifs is 1. The van der Waals surface area contributed by atoms with Gasteiger partial charge >= 0.3 is 6.09 Å². The van der Waals surface area contributed by atoms with Gasteiger partial charge in [0, 0.05) is 6.54 Å². The summed E-state index contributed by atoms with van der Waals surface area (Å²) in [5, 5.41) is 0. The Hall–Kier alpha value is -0.990. The fraction of sp³-hybridized carbons (Fsp3) is 0.571. The number of cyclic esters (lactones) is 1. The number of carbonyl (C=O) groups excluding carboxylic acids is 1. The molecule has 1 amide bonds. The fourth-order valence-electron chi connectivity index (χ4n) is 1.48. The molecule has 0 aliphatic carbocycles. The van der Waals surface area contributed by atoms with Gasteiger partial charge in [-0.05, 0) is 18.9 Å². The molecule has 54 valence electrons. The minimum absolute atomic E-state index is 0.190. The molecule has 2 rings (SSSR count). The van der Waals surface area contributed by atoms with Gasteiger partial charge in [-0.1, -0.05) is 0 Å². The first-order valence-corrected chi connectivity index (χ1v) is 3.52. The molecule has 0 spiro atoms. The van der Waals surface area contributed by atoms with Crippen LogP contribution < -0.4 is 0 Å². The second-order valence-electron chi connectivity index (χ2n) is 2.62. The van der Waals surface area contributed by atoms with Crippen LogP contribution in [0.1, 0.15) is 12.8 Å². The third-order valence-corrected chi connectivity index (χ3v) is 2.00. The molecule has 2 heterocycles.